The molecule has 0 unspecified atom stereocenters. The lowest BCUT2D eigenvalue weighted by molar-refractivity contribution is 0.464. The molecule has 0 saturated heterocycles. The van der Waals surface area contributed by atoms with E-state index in [0.717, 1.165) is 18.5 Å². The molecular weight excluding hydrogens is 320 g/mol. The van der Waals surface area contributed by atoms with E-state index in [4.69, 9.17) is 10.5 Å². The topological polar surface area (TPSA) is 73.1 Å². The van der Waals surface area contributed by atoms with Crippen LogP contribution in [0.15, 0.2) is 42.0 Å². The number of nitrogens with two attached hydrogens (primary N) is 1. The van der Waals surface area contributed by atoms with Gasteiger partial charge in [0.25, 0.3) is 0 Å². The van der Waals surface area contributed by atoms with Crippen molar-refractivity contribution in [3.63, 3.8) is 0 Å². The molecule has 0 bridgehead atoms. The highest BCUT2D eigenvalue weighted by atomic mass is 32.1. The second-order valence-corrected chi connectivity index (χ2v) is 6.58. The smallest absolute Gasteiger partial charge is 0.248 e. The van der Waals surface area contributed by atoms with E-state index < -0.39 is 0 Å². The molecule has 0 fully saturated rings. The Hall–Kier alpha value is -2.60. The number of aromatic nitrogens is 2. The number of rotatable bonds is 6. The van der Waals surface area contributed by atoms with Crippen molar-refractivity contribution in [3.8, 4) is 11.6 Å². The zero-order valence-corrected chi connectivity index (χ0v) is 14.6. The lowest BCUT2D eigenvalue weighted by atomic mass is 10.1. The zero-order chi connectivity index (χ0) is 16.9. The maximum Gasteiger partial charge on any atom is 0.248 e. The van der Waals surface area contributed by atoms with E-state index in [0.29, 0.717) is 23.1 Å². The van der Waals surface area contributed by atoms with Crippen LogP contribution in [0, 0.1) is 13.8 Å². The molecule has 3 rings (SSSR count). The van der Waals surface area contributed by atoms with Crippen LogP contribution in [-0.2, 0) is 6.42 Å². The molecule has 0 amide bonds. The summed E-state index contributed by atoms with van der Waals surface area (Å²) in [6, 6.07) is 10.1. The van der Waals surface area contributed by atoms with Crippen molar-refractivity contribution in [1.82, 2.24) is 9.97 Å². The molecule has 0 atom stereocenters. The first-order valence-corrected chi connectivity index (χ1v) is 8.63. The van der Waals surface area contributed by atoms with E-state index in [1.54, 1.807) is 11.3 Å². The van der Waals surface area contributed by atoms with Crippen molar-refractivity contribution < 1.29 is 4.74 Å². The number of benzene rings is 1. The minimum atomic E-state index is 0.367. The molecule has 0 radical (unpaired) electrons. The van der Waals surface area contributed by atoms with Crippen molar-refractivity contribution in [2.75, 3.05) is 17.6 Å². The van der Waals surface area contributed by atoms with Crippen molar-refractivity contribution in [3.05, 3.63) is 58.0 Å². The van der Waals surface area contributed by atoms with Gasteiger partial charge >= 0.3 is 0 Å². The third-order valence-electron chi connectivity index (χ3n) is 3.78. The maximum absolute atomic E-state index is 6.15. The summed E-state index contributed by atoms with van der Waals surface area (Å²) in [5.74, 6) is 1.68. The van der Waals surface area contributed by atoms with Crippen molar-refractivity contribution in [2.45, 2.75) is 20.3 Å². The van der Waals surface area contributed by atoms with Crippen molar-refractivity contribution in [2.24, 2.45) is 0 Å². The number of hydrogen-bond donors (Lipinski definition) is 2. The van der Waals surface area contributed by atoms with Crippen LogP contribution in [-0.4, -0.2) is 16.5 Å². The van der Waals surface area contributed by atoms with Crippen LogP contribution in [0.1, 0.15) is 16.0 Å². The number of ether oxygens (including phenoxy) is 1. The standard InChI is InChI=1S/C18H20N4OS/c1-12-5-6-14(10-13(12)2)23-18-16(19)17(21-11-22-18)20-8-7-15-4-3-9-24-15/h3-6,9-11H,7-8,19H2,1-2H3,(H,20,21,22). The van der Waals surface area contributed by atoms with Gasteiger partial charge in [-0.2, -0.15) is 4.98 Å². The predicted molar refractivity (Wildman–Crippen MR) is 98.9 cm³/mol. The molecule has 0 aliphatic carbocycles. The van der Waals surface area contributed by atoms with E-state index in [-0.39, 0.29) is 0 Å². The lowest BCUT2D eigenvalue weighted by Gasteiger charge is -2.12. The fraction of sp³-hybridized carbons (Fsp3) is 0.222. The Bertz CT molecular complexity index is 818. The summed E-state index contributed by atoms with van der Waals surface area (Å²) in [4.78, 5) is 9.68. The van der Waals surface area contributed by atoms with E-state index in [1.807, 2.05) is 25.1 Å². The second kappa shape index (κ2) is 7.31. The van der Waals surface area contributed by atoms with Gasteiger partial charge in [0.15, 0.2) is 5.82 Å². The van der Waals surface area contributed by atoms with Crippen molar-refractivity contribution in [1.29, 1.82) is 0 Å². The third-order valence-corrected chi connectivity index (χ3v) is 4.72. The van der Waals surface area contributed by atoms with Crippen LogP contribution in [0.2, 0.25) is 0 Å². The van der Waals surface area contributed by atoms with Gasteiger partial charge in [-0.3, -0.25) is 0 Å². The lowest BCUT2D eigenvalue weighted by Crippen LogP contribution is -2.09. The average Bonchev–Trinajstić information content (AvgIpc) is 3.08. The summed E-state index contributed by atoms with van der Waals surface area (Å²) in [6.07, 6.45) is 2.38. The first-order chi connectivity index (χ1) is 11.6. The number of nitrogens with zero attached hydrogens (tertiary/aromatic N) is 2. The summed E-state index contributed by atoms with van der Waals surface area (Å²) in [6.45, 7) is 4.86. The predicted octanol–water partition coefficient (Wildman–Crippen LogP) is 4.18. The minimum absolute atomic E-state index is 0.367. The Morgan fingerprint density at radius 1 is 1.17 bits per heavy atom. The molecule has 1 aromatic carbocycles. The number of anilines is 2. The highest BCUT2D eigenvalue weighted by molar-refractivity contribution is 7.09. The summed E-state index contributed by atoms with van der Waals surface area (Å²) >= 11 is 1.74. The normalized spacial score (nSPS) is 10.6. The van der Waals surface area contributed by atoms with Gasteiger partial charge in [0.05, 0.1) is 0 Å². The van der Waals surface area contributed by atoms with E-state index >= 15 is 0 Å². The SMILES string of the molecule is Cc1ccc(Oc2ncnc(NCCc3cccs3)c2N)cc1C. The maximum atomic E-state index is 6.15. The van der Waals surface area contributed by atoms with Gasteiger partial charge < -0.3 is 15.8 Å². The zero-order valence-electron chi connectivity index (χ0n) is 13.7. The van der Waals surface area contributed by atoms with E-state index in [2.05, 4.69) is 39.7 Å². The summed E-state index contributed by atoms with van der Waals surface area (Å²) < 4.78 is 5.82. The molecule has 2 aromatic heterocycles. The van der Waals surface area contributed by atoms with Crippen LogP contribution in [0.5, 0.6) is 11.6 Å². The van der Waals surface area contributed by atoms with E-state index in [9.17, 15) is 0 Å². The molecular formula is C18H20N4OS. The second-order valence-electron chi connectivity index (χ2n) is 5.55. The summed E-state index contributed by atoms with van der Waals surface area (Å²) in [5, 5.41) is 5.32. The highest BCUT2D eigenvalue weighted by Gasteiger charge is 2.10. The molecule has 24 heavy (non-hydrogen) atoms. The highest BCUT2D eigenvalue weighted by Crippen LogP contribution is 2.30. The Morgan fingerprint density at radius 2 is 2.04 bits per heavy atom. The number of hydrogen-bond acceptors (Lipinski definition) is 6. The molecule has 0 aliphatic rings. The Kier molecular flexibility index (Phi) is 4.96. The fourth-order valence-corrected chi connectivity index (χ4v) is 2.96. The van der Waals surface area contributed by atoms with Gasteiger partial charge in [-0.15, -0.1) is 11.3 Å². The molecule has 3 aromatic rings. The molecule has 5 nitrogen and oxygen atoms in total. The van der Waals surface area contributed by atoms with Crippen LogP contribution in [0.4, 0.5) is 11.5 Å². The molecule has 3 N–H and O–H groups in total. The summed E-state index contributed by atoms with van der Waals surface area (Å²) in [5.41, 5.74) is 8.95. The Balaban J connectivity index is 1.69. The minimum Gasteiger partial charge on any atom is -0.437 e. The van der Waals surface area contributed by atoms with Gasteiger partial charge in [0.1, 0.15) is 17.8 Å². The molecule has 124 valence electrons. The Labute approximate surface area is 145 Å². The first-order valence-electron chi connectivity index (χ1n) is 7.75. The molecule has 0 saturated carbocycles. The molecule has 2 heterocycles. The Morgan fingerprint density at radius 3 is 2.79 bits per heavy atom. The molecule has 6 heteroatoms. The van der Waals surface area contributed by atoms with Gasteiger partial charge in [0.2, 0.25) is 5.88 Å². The quantitative estimate of drug-likeness (QED) is 0.704. The van der Waals surface area contributed by atoms with Crippen LogP contribution in [0.3, 0.4) is 0 Å². The van der Waals surface area contributed by atoms with Crippen LogP contribution >= 0.6 is 11.3 Å². The molecule has 0 spiro atoms. The number of nitrogen functional groups attached to an aromatic ring is 1. The first kappa shape index (κ1) is 16.3. The van der Waals surface area contributed by atoms with Gasteiger partial charge in [0, 0.05) is 11.4 Å². The van der Waals surface area contributed by atoms with Gasteiger partial charge in [-0.05, 0) is 55.0 Å². The van der Waals surface area contributed by atoms with Crippen LogP contribution in [0.25, 0.3) is 0 Å². The van der Waals surface area contributed by atoms with E-state index in [1.165, 1.54) is 16.8 Å². The van der Waals surface area contributed by atoms with Gasteiger partial charge in [-0.1, -0.05) is 12.1 Å². The third kappa shape index (κ3) is 3.83. The summed E-state index contributed by atoms with van der Waals surface area (Å²) in [7, 11) is 0. The number of thiophene rings is 1. The van der Waals surface area contributed by atoms with Crippen LogP contribution < -0.4 is 15.8 Å². The van der Waals surface area contributed by atoms with Crippen molar-refractivity contribution >= 4 is 22.8 Å². The van der Waals surface area contributed by atoms with Gasteiger partial charge in [-0.25, -0.2) is 4.98 Å². The fourth-order valence-electron chi connectivity index (χ4n) is 2.25. The number of aryl methyl sites for hydroxylation is 2. The number of nitrogens with one attached hydrogen (secondary N) is 1. The largest absolute Gasteiger partial charge is 0.437 e. The molecule has 0 aliphatic heterocycles. The monoisotopic (exact) mass is 340 g/mol. The average molecular weight is 340 g/mol.